The Bertz CT molecular complexity index is 577. The van der Waals surface area contributed by atoms with E-state index in [1.165, 1.54) is 17.8 Å². The van der Waals surface area contributed by atoms with E-state index in [9.17, 15) is 4.79 Å². The van der Waals surface area contributed by atoms with E-state index in [1.807, 2.05) is 0 Å². The molecule has 2 rings (SSSR count). The molecular weight excluding hydrogens is 236 g/mol. The number of pyridine rings is 1. The minimum Gasteiger partial charge on any atom is -0.495 e. The fourth-order valence-corrected chi connectivity index (χ4v) is 1.69. The highest BCUT2D eigenvalue weighted by Crippen LogP contribution is 2.28. The van der Waals surface area contributed by atoms with Crippen molar-refractivity contribution in [3.63, 3.8) is 0 Å². The van der Waals surface area contributed by atoms with Gasteiger partial charge in [-0.1, -0.05) is 0 Å². The number of aromatic nitrogens is 2. The molecule has 96 valence electrons. The first-order valence-corrected chi connectivity index (χ1v) is 5.47. The number of nitrogens with zero attached hydrogens (tertiary/aromatic N) is 2. The number of methoxy groups -OCH3 is 2. The lowest BCUT2D eigenvalue weighted by Gasteiger charge is -2.07. The normalized spacial score (nSPS) is 10.4. The molecule has 6 nitrogen and oxygen atoms in total. The van der Waals surface area contributed by atoms with Crippen LogP contribution in [0.4, 0.5) is 0 Å². The van der Waals surface area contributed by atoms with Gasteiger partial charge in [0, 0.05) is 6.07 Å². The van der Waals surface area contributed by atoms with Crippen molar-refractivity contribution in [3.05, 3.63) is 24.0 Å². The van der Waals surface area contributed by atoms with Crippen LogP contribution < -0.4 is 9.47 Å². The summed E-state index contributed by atoms with van der Waals surface area (Å²) >= 11 is 0. The molecule has 2 aromatic rings. The van der Waals surface area contributed by atoms with Gasteiger partial charge in [-0.3, -0.25) is 0 Å². The van der Waals surface area contributed by atoms with Crippen LogP contribution in [0.15, 0.2) is 18.5 Å². The molecule has 18 heavy (non-hydrogen) atoms. The Morgan fingerprint density at radius 2 is 2.17 bits per heavy atom. The van der Waals surface area contributed by atoms with Gasteiger partial charge in [-0.25, -0.2) is 9.31 Å². The molecule has 0 aliphatic heterocycles. The van der Waals surface area contributed by atoms with E-state index in [0.717, 1.165) is 0 Å². The molecule has 0 aromatic carbocycles. The summed E-state index contributed by atoms with van der Waals surface area (Å²) in [6, 6.07) is 1.69. The monoisotopic (exact) mass is 250 g/mol. The molecule has 0 aliphatic carbocycles. The molecule has 0 bridgehead atoms. The van der Waals surface area contributed by atoms with Crippen molar-refractivity contribution < 1.29 is 19.0 Å². The summed E-state index contributed by atoms with van der Waals surface area (Å²) in [7, 11) is 3.08. The van der Waals surface area contributed by atoms with Crippen molar-refractivity contribution in [2.75, 3.05) is 20.8 Å². The summed E-state index contributed by atoms with van der Waals surface area (Å²) in [5.74, 6) is 0.684. The molecule has 0 aliphatic rings. The van der Waals surface area contributed by atoms with Gasteiger partial charge in [0.1, 0.15) is 22.6 Å². The lowest BCUT2D eigenvalue weighted by molar-refractivity contribution is 0.0528. The highest BCUT2D eigenvalue weighted by molar-refractivity contribution is 5.98. The molecule has 0 fully saturated rings. The lowest BCUT2D eigenvalue weighted by Crippen LogP contribution is -2.05. The molecule has 2 heterocycles. The summed E-state index contributed by atoms with van der Waals surface area (Å²) in [6.45, 7) is 2.07. The Hall–Kier alpha value is -2.24. The molecule has 6 heteroatoms. The van der Waals surface area contributed by atoms with E-state index >= 15 is 0 Å². The Balaban J connectivity index is 2.60. The van der Waals surface area contributed by atoms with Gasteiger partial charge in [-0.2, -0.15) is 5.10 Å². The number of fused-ring (bicyclic) bond motifs is 1. The predicted molar refractivity (Wildman–Crippen MR) is 64.3 cm³/mol. The number of hydrogen-bond acceptors (Lipinski definition) is 5. The van der Waals surface area contributed by atoms with Gasteiger partial charge in [0.15, 0.2) is 0 Å². The molecule has 0 atom stereocenters. The van der Waals surface area contributed by atoms with Crippen LogP contribution in [0.1, 0.15) is 17.3 Å². The van der Waals surface area contributed by atoms with Gasteiger partial charge in [0.2, 0.25) is 0 Å². The standard InChI is InChI=1S/C12H14N2O4/c1-4-18-12(15)9-6-13-14-7-8(16-2)5-10(17-3)11(9)14/h5-7H,4H2,1-3H3. The molecular formula is C12H14N2O4. The van der Waals surface area contributed by atoms with E-state index in [1.54, 1.807) is 26.3 Å². The van der Waals surface area contributed by atoms with Crippen LogP contribution >= 0.6 is 0 Å². The maximum absolute atomic E-state index is 11.8. The minimum absolute atomic E-state index is 0.314. The number of hydrogen-bond donors (Lipinski definition) is 0. The highest BCUT2D eigenvalue weighted by Gasteiger charge is 2.18. The fraction of sp³-hybridized carbons (Fsp3) is 0.333. The van der Waals surface area contributed by atoms with Crippen LogP contribution in [0.3, 0.4) is 0 Å². The second-order valence-corrected chi connectivity index (χ2v) is 3.52. The zero-order chi connectivity index (χ0) is 13.1. The Morgan fingerprint density at radius 1 is 1.39 bits per heavy atom. The first-order chi connectivity index (χ1) is 8.71. The van der Waals surface area contributed by atoms with Gasteiger partial charge < -0.3 is 14.2 Å². The highest BCUT2D eigenvalue weighted by atomic mass is 16.5. The van der Waals surface area contributed by atoms with Crippen molar-refractivity contribution >= 4 is 11.5 Å². The van der Waals surface area contributed by atoms with Crippen molar-refractivity contribution in [2.45, 2.75) is 6.92 Å². The van der Waals surface area contributed by atoms with Crippen LogP contribution in [0, 0.1) is 0 Å². The summed E-state index contributed by atoms with van der Waals surface area (Å²) in [5, 5.41) is 4.10. The zero-order valence-corrected chi connectivity index (χ0v) is 10.5. The van der Waals surface area contributed by atoms with Crippen molar-refractivity contribution in [2.24, 2.45) is 0 Å². The molecule has 0 spiro atoms. The second kappa shape index (κ2) is 4.95. The number of ether oxygens (including phenoxy) is 3. The van der Waals surface area contributed by atoms with Gasteiger partial charge >= 0.3 is 5.97 Å². The average Bonchev–Trinajstić information content (AvgIpc) is 2.81. The number of esters is 1. The molecule has 0 unspecified atom stereocenters. The first-order valence-electron chi connectivity index (χ1n) is 5.47. The Kier molecular flexibility index (Phi) is 3.36. The summed E-state index contributed by atoms with van der Waals surface area (Å²) in [6.07, 6.45) is 3.12. The van der Waals surface area contributed by atoms with Crippen LogP contribution in [0.5, 0.6) is 11.5 Å². The molecule has 2 aromatic heterocycles. The Labute approximate surface area is 104 Å². The fourth-order valence-electron chi connectivity index (χ4n) is 1.69. The van der Waals surface area contributed by atoms with Crippen molar-refractivity contribution in [1.82, 2.24) is 9.61 Å². The van der Waals surface area contributed by atoms with Crippen molar-refractivity contribution in [1.29, 1.82) is 0 Å². The van der Waals surface area contributed by atoms with Gasteiger partial charge in [0.05, 0.1) is 33.2 Å². The average molecular weight is 250 g/mol. The molecule has 0 N–H and O–H groups in total. The summed E-state index contributed by atoms with van der Waals surface area (Å²) in [5.41, 5.74) is 0.938. The number of carbonyl (C=O) groups excluding carboxylic acids is 1. The predicted octanol–water partition coefficient (Wildman–Crippen LogP) is 1.53. The van der Waals surface area contributed by atoms with E-state index < -0.39 is 5.97 Å². The third-order valence-corrected chi connectivity index (χ3v) is 2.50. The minimum atomic E-state index is -0.420. The third-order valence-electron chi connectivity index (χ3n) is 2.50. The maximum atomic E-state index is 11.8. The van der Waals surface area contributed by atoms with Crippen LogP contribution in [-0.4, -0.2) is 36.4 Å². The van der Waals surface area contributed by atoms with Crippen LogP contribution in [-0.2, 0) is 4.74 Å². The number of rotatable bonds is 4. The quantitative estimate of drug-likeness (QED) is 0.770. The van der Waals surface area contributed by atoms with E-state index in [-0.39, 0.29) is 0 Å². The SMILES string of the molecule is CCOC(=O)c1cnn2cc(OC)cc(OC)c12. The smallest absolute Gasteiger partial charge is 0.342 e. The zero-order valence-electron chi connectivity index (χ0n) is 10.5. The van der Waals surface area contributed by atoms with Crippen LogP contribution in [0.25, 0.3) is 5.52 Å². The second-order valence-electron chi connectivity index (χ2n) is 3.52. The largest absolute Gasteiger partial charge is 0.495 e. The van der Waals surface area contributed by atoms with Gasteiger partial charge in [0.25, 0.3) is 0 Å². The summed E-state index contributed by atoms with van der Waals surface area (Å²) in [4.78, 5) is 11.8. The molecule has 0 saturated carbocycles. The van der Waals surface area contributed by atoms with E-state index in [2.05, 4.69) is 5.10 Å². The van der Waals surface area contributed by atoms with Crippen LogP contribution in [0.2, 0.25) is 0 Å². The molecule has 0 amide bonds. The Morgan fingerprint density at radius 3 is 2.78 bits per heavy atom. The summed E-state index contributed by atoms with van der Waals surface area (Å²) < 4.78 is 16.9. The molecule has 0 radical (unpaired) electrons. The lowest BCUT2D eigenvalue weighted by atomic mass is 10.2. The van der Waals surface area contributed by atoms with Gasteiger partial charge in [-0.05, 0) is 6.92 Å². The van der Waals surface area contributed by atoms with E-state index in [4.69, 9.17) is 14.2 Å². The van der Waals surface area contributed by atoms with Gasteiger partial charge in [-0.15, -0.1) is 0 Å². The topological polar surface area (TPSA) is 62.1 Å². The maximum Gasteiger partial charge on any atom is 0.342 e. The molecule has 0 saturated heterocycles. The first kappa shape index (κ1) is 12.2. The number of carbonyl (C=O) groups is 1. The van der Waals surface area contributed by atoms with E-state index in [0.29, 0.717) is 29.2 Å². The van der Waals surface area contributed by atoms with Crippen molar-refractivity contribution in [3.8, 4) is 11.5 Å². The third kappa shape index (κ3) is 1.97.